The predicted molar refractivity (Wildman–Crippen MR) is 102 cm³/mol. The number of benzene rings is 2. The second-order valence-corrected chi connectivity index (χ2v) is 6.76. The fourth-order valence-electron chi connectivity index (χ4n) is 2.73. The van der Waals surface area contributed by atoms with Crippen molar-refractivity contribution in [1.82, 2.24) is 4.90 Å². The second-order valence-electron chi connectivity index (χ2n) is 6.76. The molecule has 2 aromatic carbocycles. The zero-order valence-corrected chi connectivity index (χ0v) is 16.2. The molecule has 0 aliphatic carbocycles. The summed E-state index contributed by atoms with van der Waals surface area (Å²) in [5.41, 5.74) is 1.58. The molecule has 0 aromatic heterocycles. The Kier molecular flexibility index (Phi) is 8.72. The number of hydrogen-bond donors (Lipinski definition) is 1. The van der Waals surface area contributed by atoms with Gasteiger partial charge in [0.15, 0.2) is 0 Å². The van der Waals surface area contributed by atoms with Gasteiger partial charge in [0.05, 0.1) is 6.10 Å². The number of aryl methyl sites for hydroxylation is 2. The van der Waals surface area contributed by atoms with Crippen LogP contribution in [0.25, 0.3) is 0 Å². The first-order chi connectivity index (χ1) is 13.8. The zero-order chi connectivity index (χ0) is 21.3. The van der Waals surface area contributed by atoms with Crippen LogP contribution in [0.4, 0.5) is 17.6 Å². The lowest BCUT2D eigenvalue weighted by molar-refractivity contribution is -0.274. The summed E-state index contributed by atoms with van der Waals surface area (Å²) in [5, 5.41) is 10.00. The van der Waals surface area contributed by atoms with Gasteiger partial charge >= 0.3 is 6.36 Å². The molecule has 0 aliphatic heterocycles. The van der Waals surface area contributed by atoms with Gasteiger partial charge in [-0.3, -0.25) is 4.90 Å². The molecular formula is C21H25F4NO3. The summed E-state index contributed by atoms with van der Waals surface area (Å²) in [7, 11) is 1.62. The maximum absolute atomic E-state index is 12.4. The third-order valence-corrected chi connectivity index (χ3v) is 4.27. The van der Waals surface area contributed by atoms with E-state index in [1.807, 2.05) is 12.1 Å². The monoisotopic (exact) mass is 415 g/mol. The van der Waals surface area contributed by atoms with Crippen LogP contribution in [0.3, 0.4) is 0 Å². The van der Waals surface area contributed by atoms with Gasteiger partial charge in [0.25, 0.3) is 0 Å². The van der Waals surface area contributed by atoms with Gasteiger partial charge in [-0.2, -0.15) is 0 Å². The molecule has 29 heavy (non-hydrogen) atoms. The lowest BCUT2D eigenvalue weighted by Gasteiger charge is -2.17. The largest absolute Gasteiger partial charge is 0.573 e. The third-order valence-electron chi connectivity index (χ3n) is 4.27. The molecular weight excluding hydrogens is 390 g/mol. The number of aliphatic hydroxyl groups is 1. The van der Waals surface area contributed by atoms with Crippen molar-refractivity contribution in [3.8, 4) is 11.5 Å². The Hall–Kier alpha value is -2.32. The third kappa shape index (κ3) is 8.70. The molecule has 2 aromatic rings. The van der Waals surface area contributed by atoms with Gasteiger partial charge < -0.3 is 14.6 Å². The summed E-state index contributed by atoms with van der Waals surface area (Å²) < 4.78 is 59.2. The van der Waals surface area contributed by atoms with Crippen LogP contribution in [0, 0.1) is 0 Å². The maximum atomic E-state index is 12.4. The highest BCUT2D eigenvalue weighted by Crippen LogP contribution is 2.25. The van der Waals surface area contributed by atoms with Crippen LogP contribution in [0.5, 0.6) is 11.5 Å². The molecule has 0 bridgehead atoms. The van der Waals surface area contributed by atoms with E-state index in [1.54, 1.807) is 25.2 Å². The van der Waals surface area contributed by atoms with E-state index in [9.17, 15) is 22.7 Å². The molecule has 0 spiro atoms. The number of para-hydroxylation sites is 1. The predicted octanol–water partition coefficient (Wildman–Crippen LogP) is 4.36. The van der Waals surface area contributed by atoms with Crippen molar-refractivity contribution in [3.63, 3.8) is 0 Å². The van der Waals surface area contributed by atoms with E-state index in [2.05, 4.69) is 4.74 Å². The normalized spacial score (nSPS) is 12.8. The van der Waals surface area contributed by atoms with E-state index >= 15 is 0 Å². The van der Waals surface area contributed by atoms with Crippen LogP contribution in [0.2, 0.25) is 0 Å². The number of rotatable bonds is 11. The van der Waals surface area contributed by atoms with Gasteiger partial charge in [0.1, 0.15) is 24.9 Å². The minimum atomic E-state index is -4.72. The lowest BCUT2D eigenvalue weighted by Crippen LogP contribution is -2.26. The summed E-state index contributed by atoms with van der Waals surface area (Å²) in [6.45, 7) is -0.0866. The zero-order valence-electron chi connectivity index (χ0n) is 16.2. The fraction of sp³-hybridized carbons (Fsp3) is 0.429. The highest BCUT2D eigenvalue weighted by Gasteiger charge is 2.31. The van der Waals surface area contributed by atoms with Gasteiger partial charge in [0.2, 0.25) is 0 Å². The van der Waals surface area contributed by atoms with Crippen molar-refractivity contribution < 1.29 is 32.1 Å². The van der Waals surface area contributed by atoms with Crippen LogP contribution < -0.4 is 9.47 Å². The number of halogens is 4. The van der Waals surface area contributed by atoms with Crippen LogP contribution in [-0.4, -0.2) is 49.5 Å². The maximum Gasteiger partial charge on any atom is 0.573 e. The van der Waals surface area contributed by atoms with Crippen LogP contribution in [0.15, 0.2) is 48.5 Å². The van der Waals surface area contributed by atoms with Gasteiger partial charge in [-0.15, -0.1) is 13.2 Å². The van der Waals surface area contributed by atoms with E-state index in [-0.39, 0.29) is 12.4 Å². The minimum absolute atomic E-state index is 0.0754. The standard InChI is InChI=1S/C21H25F4NO3/c1-26(15-22)12-11-18(27)14-28-20-8-3-2-6-17(20)10-9-16-5-4-7-19(13-16)29-21(23,24)25/h2-8,13,18,27H,9-12,14-15H2,1H3. The number of nitrogens with zero attached hydrogens (tertiary/aromatic N) is 1. The lowest BCUT2D eigenvalue weighted by atomic mass is 10.0. The van der Waals surface area contributed by atoms with Crippen molar-refractivity contribution in [1.29, 1.82) is 0 Å². The minimum Gasteiger partial charge on any atom is -0.491 e. The van der Waals surface area contributed by atoms with E-state index in [1.165, 1.54) is 23.1 Å². The van der Waals surface area contributed by atoms with Crippen molar-refractivity contribution in [3.05, 3.63) is 59.7 Å². The molecule has 1 atom stereocenters. The number of alkyl halides is 4. The average Bonchev–Trinajstić information content (AvgIpc) is 2.68. The summed E-state index contributed by atoms with van der Waals surface area (Å²) in [5.74, 6) is 0.356. The molecule has 160 valence electrons. The van der Waals surface area contributed by atoms with E-state index in [0.29, 0.717) is 37.1 Å². The van der Waals surface area contributed by atoms with Crippen LogP contribution in [0.1, 0.15) is 17.5 Å². The summed E-state index contributed by atoms with van der Waals surface area (Å²) >= 11 is 0. The fourth-order valence-corrected chi connectivity index (χ4v) is 2.73. The summed E-state index contributed by atoms with van der Waals surface area (Å²) in [4.78, 5) is 1.45. The molecule has 0 saturated carbocycles. The molecule has 1 unspecified atom stereocenters. The smallest absolute Gasteiger partial charge is 0.491 e. The number of hydrogen-bond acceptors (Lipinski definition) is 4. The molecule has 0 heterocycles. The number of ether oxygens (including phenoxy) is 2. The summed E-state index contributed by atoms with van der Waals surface area (Å²) in [6.07, 6.45) is -4.02. The van der Waals surface area contributed by atoms with Crippen molar-refractivity contribution in [2.45, 2.75) is 31.7 Å². The molecule has 0 saturated heterocycles. The van der Waals surface area contributed by atoms with Crippen molar-refractivity contribution in [2.24, 2.45) is 0 Å². The SMILES string of the molecule is CN(CF)CCC(O)COc1ccccc1CCc1cccc(OC(F)(F)F)c1. The van der Waals surface area contributed by atoms with Gasteiger partial charge in [-0.25, -0.2) is 4.39 Å². The first-order valence-electron chi connectivity index (χ1n) is 9.25. The Balaban J connectivity index is 1.91. The Labute approximate surface area is 167 Å². The van der Waals surface area contributed by atoms with E-state index in [4.69, 9.17) is 4.74 Å². The molecule has 0 amide bonds. The van der Waals surface area contributed by atoms with E-state index in [0.717, 1.165) is 5.56 Å². The molecule has 0 fully saturated rings. The molecule has 2 rings (SSSR count). The first kappa shape index (κ1) is 23.0. The molecule has 0 aliphatic rings. The molecule has 1 N–H and O–H groups in total. The average molecular weight is 415 g/mol. The van der Waals surface area contributed by atoms with Gasteiger partial charge in [-0.05, 0) is 55.6 Å². The quantitative estimate of drug-likeness (QED) is 0.438. The Morgan fingerprint density at radius 3 is 2.55 bits per heavy atom. The number of aliphatic hydroxyl groups excluding tert-OH is 1. The Bertz CT molecular complexity index is 755. The molecule has 0 radical (unpaired) electrons. The van der Waals surface area contributed by atoms with Crippen molar-refractivity contribution in [2.75, 3.05) is 27.0 Å². The van der Waals surface area contributed by atoms with Crippen molar-refractivity contribution >= 4 is 0 Å². The second kappa shape index (κ2) is 11.0. The Morgan fingerprint density at radius 2 is 1.83 bits per heavy atom. The summed E-state index contributed by atoms with van der Waals surface area (Å²) in [6, 6.07) is 13.2. The first-order valence-corrected chi connectivity index (χ1v) is 9.25. The highest BCUT2D eigenvalue weighted by molar-refractivity contribution is 5.35. The topological polar surface area (TPSA) is 41.9 Å². The molecule has 8 heteroatoms. The molecule has 4 nitrogen and oxygen atoms in total. The van der Waals surface area contributed by atoms with Crippen LogP contribution >= 0.6 is 0 Å². The Morgan fingerprint density at radius 1 is 1.07 bits per heavy atom. The highest BCUT2D eigenvalue weighted by atomic mass is 19.4. The van der Waals surface area contributed by atoms with Gasteiger partial charge in [0, 0.05) is 6.54 Å². The van der Waals surface area contributed by atoms with E-state index < -0.39 is 19.3 Å². The van der Waals surface area contributed by atoms with Gasteiger partial charge in [-0.1, -0.05) is 30.3 Å². The van der Waals surface area contributed by atoms with Crippen LogP contribution in [-0.2, 0) is 12.8 Å².